The summed E-state index contributed by atoms with van der Waals surface area (Å²) in [5.74, 6) is 0.00335. The van der Waals surface area contributed by atoms with Crippen molar-refractivity contribution in [1.82, 2.24) is 0 Å². The molecule has 0 aliphatic heterocycles. The number of nitrogens with one attached hydrogen (secondary N) is 1. The Morgan fingerprint density at radius 3 is 2.50 bits per heavy atom. The van der Waals surface area contributed by atoms with Crippen molar-refractivity contribution >= 4 is 40.9 Å². The van der Waals surface area contributed by atoms with Gasteiger partial charge in [-0.3, -0.25) is 4.79 Å². The van der Waals surface area contributed by atoms with Crippen molar-refractivity contribution in [3.63, 3.8) is 0 Å². The SMILES string of the molecule is Cc1ccc(COc2ccc(/C=C(\C#N)C(=O)Nc3cccc(Cl)c3C)cc2Cl)cc1C. The number of aryl methyl sites for hydroxylation is 2. The van der Waals surface area contributed by atoms with Crippen LogP contribution in [0.25, 0.3) is 6.08 Å². The number of carbonyl (C=O) groups is 1. The fourth-order valence-corrected chi connectivity index (χ4v) is 3.44. The van der Waals surface area contributed by atoms with Crippen molar-refractivity contribution in [3.05, 3.63) is 98.0 Å². The van der Waals surface area contributed by atoms with Gasteiger partial charge in [-0.05, 0) is 78.9 Å². The molecule has 0 radical (unpaired) electrons. The van der Waals surface area contributed by atoms with E-state index in [0.717, 1.165) is 11.1 Å². The highest BCUT2D eigenvalue weighted by Crippen LogP contribution is 2.28. The maximum absolute atomic E-state index is 12.6. The monoisotopic (exact) mass is 464 g/mol. The van der Waals surface area contributed by atoms with Crippen LogP contribution in [0.2, 0.25) is 10.0 Å². The summed E-state index contributed by atoms with van der Waals surface area (Å²) in [4.78, 5) is 12.6. The van der Waals surface area contributed by atoms with Gasteiger partial charge in [-0.15, -0.1) is 0 Å². The first-order valence-electron chi connectivity index (χ1n) is 9.95. The standard InChI is InChI=1S/C26H22Cl2N2O2/c1-16-7-8-20(11-17(16)2)15-32-25-10-9-19(13-23(25)28)12-21(14-29)26(31)30-24-6-4-5-22(27)18(24)3/h4-13H,15H2,1-3H3,(H,30,31)/b21-12+. The molecule has 3 aromatic rings. The van der Waals surface area contributed by atoms with Crippen LogP contribution in [0.3, 0.4) is 0 Å². The number of carbonyl (C=O) groups excluding carboxylic acids is 1. The number of hydrogen-bond donors (Lipinski definition) is 1. The topological polar surface area (TPSA) is 62.1 Å². The number of rotatable bonds is 6. The van der Waals surface area contributed by atoms with Gasteiger partial charge in [-0.1, -0.05) is 53.5 Å². The second-order valence-corrected chi connectivity index (χ2v) is 8.25. The number of ether oxygens (including phenoxy) is 1. The summed E-state index contributed by atoms with van der Waals surface area (Å²) in [6.07, 6.45) is 1.48. The lowest BCUT2D eigenvalue weighted by Gasteiger charge is -2.11. The van der Waals surface area contributed by atoms with E-state index in [1.807, 2.05) is 12.1 Å². The van der Waals surface area contributed by atoms with Crippen molar-refractivity contribution in [2.24, 2.45) is 0 Å². The Bertz CT molecular complexity index is 1240. The molecule has 3 rings (SSSR count). The van der Waals surface area contributed by atoms with Crippen LogP contribution in [0, 0.1) is 32.1 Å². The number of amides is 1. The summed E-state index contributed by atoms with van der Waals surface area (Å²) >= 11 is 12.5. The molecule has 0 spiro atoms. The molecule has 1 N–H and O–H groups in total. The number of hydrogen-bond acceptors (Lipinski definition) is 3. The largest absolute Gasteiger partial charge is 0.487 e. The van der Waals surface area contributed by atoms with E-state index in [9.17, 15) is 10.1 Å². The summed E-state index contributed by atoms with van der Waals surface area (Å²) in [7, 11) is 0. The Morgan fingerprint density at radius 2 is 1.81 bits per heavy atom. The van der Waals surface area contributed by atoms with Crippen molar-refractivity contribution in [1.29, 1.82) is 5.26 Å². The highest BCUT2D eigenvalue weighted by molar-refractivity contribution is 6.32. The Balaban J connectivity index is 1.73. The van der Waals surface area contributed by atoms with Crippen LogP contribution in [-0.4, -0.2) is 5.91 Å². The molecule has 162 valence electrons. The average molecular weight is 465 g/mol. The molecule has 6 heteroatoms. The van der Waals surface area contributed by atoms with Crippen LogP contribution in [0.15, 0.2) is 60.2 Å². The van der Waals surface area contributed by atoms with Crippen LogP contribution in [0.5, 0.6) is 5.75 Å². The van der Waals surface area contributed by atoms with Crippen molar-refractivity contribution in [2.75, 3.05) is 5.32 Å². The van der Waals surface area contributed by atoms with Gasteiger partial charge in [0.05, 0.1) is 5.02 Å². The molecule has 0 aromatic heterocycles. The predicted octanol–water partition coefficient (Wildman–Crippen LogP) is 7.04. The smallest absolute Gasteiger partial charge is 0.266 e. The van der Waals surface area contributed by atoms with Gasteiger partial charge >= 0.3 is 0 Å². The lowest BCUT2D eigenvalue weighted by molar-refractivity contribution is -0.112. The third-order valence-electron chi connectivity index (χ3n) is 5.11. The van der Waals surface area contributed by atoms with Crippen LogP contribution < -0.4 is 10.1 Å². The Labute approximate surface area is 198 Å². The molecule has 0 heterocycles. The van der Waals surface area contributed by atoms with Gasteiger partial charge in [0.2, 0.25) is 0 Å². The molecule has 0 unspecified atom stereocenters. The lowest BCUT2D eigenvalue weighted by atomic mass is 10.1. The Kier molecular flexibility index (Phi) is 7.58. The Hall–Kier alpha value is -3.26. The van der Waals surface area contributed by atoms with Gasteiger partial charge in [0.1, 0.15) is 24.0 Å². The number of benzene rings is 3. The van der Waals surface area contributed by atoms with Gasteiger partial charge < -0.3 is 10.1 Å². The van der Waals surface area contributed by atoms with Gasteiger partial charge in [0.25, 0.3) is 5.91 Å². The second-order valence-electron chi connectivity index (χ2n) is 7.43. The molecule has 0 saturated carbocycles. The third kappa shape index (κ3) is 5.70. The summed E-state index contributed by atoms with van der Waals surface area (Å²) in [6.45, 7) is 6.31. The molecule has 0 atom stereocenters. The molecule has 4 nitrogen and oxygen atoms in total. The van der Waals surface area contributed by atoms with E-state index in [1.165, 1.54) is 17.2 Å². The molecule has 0 bridgehead atoms. The quantitative estimate of drug-likeness (QED) is 0.314. The number of nitrogens with zero attached hydrogens (tertiary/aromatic N) is 1. The van der Waals surface area contributed by atoms with E-state index >= 15 is 0 Å². The van der Waals surface area contributed by atoms with Crippen LogP contribution >= 0.6 is 23.2 Å². The minimum absolute atomic E-state index is 0.0516. The zero-order valence-electron chi connectivity index (χ0n) is 18.0. The van der Waals surface area contributed by atoms with Gasteiger partial charge in [0.15, 0.2) is 0 Å². The highest BCUT2D eigenvalue weighted by atomic mass is 35.5. The second kappa shape index (κ2) is 10.4. The van der Waals surface area contributed by atoms with Crippen LogP contribution in [0.1, 0.15) is 27.8 Å². The van der Waals surface area contributed by atoms with E-state index in [-0.39, 0.29) is 5.57 Å². The summed E-state index contributed by atoms with van der Waals surface area (Å²) in [5.41, 5.74) is 5.32. The van der Waals surface area contributed by atoms with E-state index in [0.29, 0.717) is 33.7 Å². The zero-order valence-corrected chi connectivity index (χ0v) is 19.5. The molecule has 1 amide bonds. The minimum atomic E-state index is -0.524. The van der Waals surface area contributed by atoms with E-state index in [4.69, 9.17) is 27.9 Å². The molecule has 0 aliphatic rings. The molecule has 3 aromatic carbocycles. The first-order chi connectivity index (χ1) is 15.3. The van der Waals surface area contributed by atoms with Crippen molar-refractivity contribution in [3.8, 4) is 11.8 Å². The van der Waals surface area contributed by atoms with E-state index < -0.39 is 5.91 Å². The van der Waals surface area contributed by atoms with Gasteiger partial charge in [-0.2, -0.15) is 5.26 Å². The maximum atomic E-state index is 12.6. The van der Waals surface area contributed by atoms with Gasteiger partial charge in [0, 0.05) is 10.7 Å². The first kappa shape index (κ1) is 23.4. The molecular formula is C26H22Cl2N2O2. The van der Waals surface area contributed by atoms with Crippen molar-refractivity contribution in [2.45, 2.75) is 27.4 Å². The van der Waals surface area contributed by atoms with E-state index in [2.05, 4.69) is 31.3 Å². The lowest BCUT2D eigenvalue weighted by Crippen LogP contribution is -2.14. The molecule has 0 fully saturated rings. The first-order valence-corrected chi connectivity index (χ1v) is 10.7. The van der Waals surface area contributed by atoms with Crippen LogP contribution in [0.4, 0.5) is 5.69 Å². The summed E-state index contributed by atoms with van der Waals surface area (Å²) in [6, 6.07) is 18.4. The summed E-state index contributed by atoms with van der Waals surface area (Å²) in [5, 5.41) is 13.1. The maximum Gasteiger partial charge on any atom is 0.266 e. The predicted molar refractivity (Wildman–Crippen MR) is 130 cm³/mol. The molecule has 32 heavy (non-hydrogen) atoms. The highest BCUT2D eigenvalue weighted by Gasteiger charge is 2.13. The fraction of sp³-hybridized carbons (Fsp3) is 0.154. The molecule has 0 saturated heterocycles. The average Bonchev–Trinajstić information content (AvgIpc) is 2.76. The molecular weight excluding hydrogens is 443 g/mol. The number of nitriles is 1. The van der Waals surface area contributed by atoms with Crippen LogP contribution in [-0.2, 0) is 11.4 Å². The number of halogens is 2. The normalized spacial score (nSPS) is 11.1. The third-order valence-corrected chi connectivity index (χ3v) is 5.82. The van der Waals surface area contributed by atoms with E-state index in [1.54, 1.807) is 43.3 Å². The summed E-state index contributed by atoms with van der Waals surface area (Å²) < 4.78 is 5.85. The fourth-order valence-electron chi connectivity index (χ4n) is 3.03. The Morgan fingerprint density at radius 1 is 1.03 bits per heavy atom. The minimum Gasteiger partial charge on any atom is -0.487 e. The zero-order chi connectivity index (χ0) is 23.3. The van der Waals surface area contributed by atoms with Gasteiger partial charge in [-0.25, -0.2) is 0 Å². The number of anilines is 1. The van der Waals surface area contributed by atoms with Crippen molar-refractivity contribution < 1.29 is 9.53 Å². The molecule has 0 aliphatic carbocycles.